The summed E-state index contributed by atoms with van der Waals surface area (Å²) in [6.45, 7) is 4.09. The summed E-state index contributed by atoms with van der Waals surface area (Å²) in [4.78, 5) is 0. The Hall–Kier alpha value is -0.378. The molecule has 0 atom stereocenters. The van der Waals surface area contributed by atoms with Gasteiger partial charge in [-0.05, 0) is 6.42 Å². The molecule has 0 aromatic heterocycles. The molecule has 2 heterocycles. The Labute approximate surface area is 136 Å². The fourth-order valence-electron chi connectivity index (χ4n) is 3.71. The van der Waals surface area contributed by atoms with E-state index in [0.29, 0.717) is 23.1 Å². The van der Waals surface area contributed by atoms with E-state index in [1.54, 1.807) is 0 Å². The monoisotopic (exact) mass is 289 g/mol. The Morgan fingerprint density at radius 2 is 1.76 bits per heavy atom. The van der Waals surface area contributed by atoms with Crippen LogP contribution in [0.2, 0.25) is 0 Å². The second kappa shape index (κ2) is 6.39. The molecule has 2 aliphatic rings. The predicted molar refractivity (Wildman–Crippen MR) is 72.3 cm³/mol. The van der Waals surface area contributed by atoms with E-state index in [9.17, 15) is 8.78 Å². The van der Waals surface area contributed by atoms with Crippen LogP contribution >= 0.6 is 0 Å². The van der Waals surface area contributed by atoms with Gasteiger partial charge in [-0.3, -0.25) is 0 Å². The van der Waals surface area contributed by atoms with Gasteiger partial charge in [0, 0.05) is 18.2 Å². The first-order valence-corrected chi connectivity index (χ1v) is 7.28. The molecule has 110 valence electrons. The Morgan fingerprint density at radius 3 is 2.29 bits per heavy atom. The molecule has 2 aliphatic heterocycles. The normalized spacial score (nSPS) is 31.0. The topological polar surface area (TPSA) is 18.5 Å². The van der Waals surface area contributed by atoms with Gasteiger partial charge in [-0.15, -0.1) is 6.07 Å². The maximum absolute atomic E-state index is 13.5. The van der Waals surface area contributed by atoms with E-state index in [4.69, 9.17) is 9.31 Å². The van der Waals surface area contributed by atoms with Crippen LogP contribution in [0.25, 0.3) is 0 Å². The largest absolute Gasteiger partial charge is 1.00 e. The number of benzene rings is 1. The summed E-state index contributed by atoms with van der Waals surface area (Å²) in [5.74, 6) is -1.40. The molecule has 2 saturated heterocycles. The molecule has 21 heavy (non-hydrogen) atoms. The SMILES string of the molecule is CCCC[N+]12CCO[B-]1(c1cc(F)[c-]c(F)c1)OCC2.[Li+]. The number of rotatable bonds is 4. The van der Waals surface area contributed by atoms with Crippen molar-refractivity contribution < 1.29 is 41.3 Å². The van der Waals surface area contributed by atoms with E-state index in [2.05, 4.69) is 6.92 Å². The Bertz CT molecular complexity index is 487. The zero-order valence-electron chi connectivity index (χ0n) is 12.7. The van der Waals surface area contributed by atoms with Crippen molar-refractivity contribution in [3.63, 3.8) is 0 Å². The summed E-state index contributed by atoms with van der Waals surface area (Å²) in [5.41, 5.74) is 0.491. The molecule has 3 rings (SSSR count). The molecule has 1 aromatic carbocycles. The van der Waals surface area contributed by atoms with Crippen LogP contribution in [0.5, 0.6) is 0 Å². The first kappa shape index (κ1) is 17.0. The van der Waals surface area contributed by atoms with Crippen molar-refractivity contribution in [2.45, 2.75) is 19.8 Å². The van der Waals surface area contributed by atoms with Gasteiger partial charge in [0.25, 0.3) is 0 Å². The van der Waals surface area contributed by atoms with Crippen LogP contribution in [0.3, 0.4) is 0 Å². The van der Waals surface area contributed by atoms with Crippen molar-refractivity contribution in [1.82, 2.24) is 0 Å². The average Bonchev–Trinajstić information content (AvgIpc) is 2.90. The molecule has 0 unspecified atom stereocenters. The standard InChI is InChI=1S/C14H19BF2NO2.Li/c1-2-3-4-18-5-7-19-15(18,20-8-6-18)12-9-13(16)11-14(17)10-12;/h9-10H,2-8H2,1H3;/q-1;+1. The molecule has 3 nitrogen and oxygen atoms in total. The molecule has 0 aliphatic carbocycles. The number of fused-ring (bicyclic) bond motifs is 1. The van der Waals surface area contributed by atoms with Crippen molar-refractivity contribution in [1.29, 1.82) is 0 Å². The number of hydrogen-bond acceptors (Lipinski definition) is 2. The molecular formula is C14H19BF2LiNO2. The van der Waals surface area contributed by atoms with Crippen molar-refractivity contribution in [2.24, 2.45) is 0 Å². The van der Waals surface area contributed by atoms with E-state index in [1.165, 1.54) is 12.1 Å². The summed E-state index contributed by atoms with van der Waals surface area (Å²) < 4.78 is 39.5. The van der Waals surface area contributed by atoms with Crippen LogP contribution in [-0.4, -0.2) is 43.9 Å². The van der Waals surface area contributed by atoms with Crippen molar-refractivity contribution >= 4 is 12.1 Å². The summed E-state index contributed by atoms with van der Waals surface area (Å²) >= 11 is 0. The van der Waals surface area contributed by atoms with Crippen molar-refractivity contribution in [2.75, 3.05) is 32.8 Å². The van der Waals surface area contributed by atoms with Crippen LogP contribution in [-0.2, 0) is 9.31 Å². The van der Waals surface area contributed by atoms with Gasteiger partial charge in [-0.25, -0.2) is 8.78 Å². The third kappa shape index (κ3) is 2.69. The fraction of sp³-hybridized carbons (Fsp3) is 0.571. The van der Waals surface area contributed by atoms with Crippen LogP contribution in [0.15, 0.2) is 12.1 Å². The van der Waals surface area contributed by atoms with Gasteiger partial charge in [0.1, 0.15) is 0 Å². The van der Waals surface area contributed by atoms with Crippen LogP contribution < -0.4 is 24.3 Å². The molecule has 2 fully saturated rings. The molecule has 0 bridgehead atoms. The summed E-state index contributed by atoms with van der Waals surface area (Å²) in [7, 11) is 0. The van der Waals surface area contributed by atoms with Gasteiger partial charge in [0.15, 0.2) is 0 Å². The second-order valence-corrected chi connectivity index (χ2v) is 5.77. The van der Waals surface area contributed by atoms with Crippen LogP contribution in [0.1, 0.15) is 19.8 Å². The molecule has 1 aromatic rings. The van der Waals surface area contributed by atoms with E-state index in [1.807, 2.05) is 6.07 Å². The van der Waals surface area contributed by atoms with Gasteiger partial charge in [-0.1, -0.05) is 13.3 Å². The number of hydrogen-bond donors (Lipinski definition) is 0. The van der Waals surface area contributed by atoms with Crippen LogP contribution in [0, 0.1) is 17.7 Å². The second-order valence-electron chi connectivity index (χ2n) is 5.77. The predicted octanol–water partition coefficient (Wildman–Crippen LogP) is -1.41. The average molecular weight is 289 g/mol. The summed E-state index contributed by atoms with van der Waals surface area (Å²) in [6, 6.07) is 4.63. The molecule has 0 radical (unpaired) electrons. The minimum Gasteiger partial charge on any atom is -0.507 e. The summed E-state index contributed by atoms with van der Waals surface area (Å²) in [6.07, 6.45) is 2.14. The molecule has 0 saturated carbocycles. The minimum absolute atomic E-state index is 0. The first-order chi connectivity index (χ1) is 9.62. The van der Waals surface area contributed by atoms with Crippen molar-refractivity contribution in [3.8, 4) is 0 Å². The summed E-state index contributed by atoms with van der Waals surface area (Å²) in [5, 5.41) is 0. The van der Waals surface area contributed by atoms with Gasteiger partial charge in [-0.2, -0.15) is 17.6 Å². The van der Waals surface area contributed by atoms with Gasteiger partial charge < -0.3 is 13.7 Å². The Kier molecular flexibility index (Phi) is 5.17. The number of halogens is 2. The number of unbranched alkanes of at least 4 members (excludes halogenated alkanes) is 1. The smallest absolute Gasteiger partial charge is 0.507 e. The molecule has 0 amide bonds. The zero-order chi connectivity index (χ0) is 14.2. The number of quaternary nitrogens is 1. The Morgan fingerprint density at radius 1 is 1.19 bits per heavy atom. The van der Waals surface area contributed by atoms with E-state index >= 15 is 0 Å². The molecular weight excluding hydrogens is 270 g/mol. The van der Waals surface area contributed by atoms with E-state index in [0.717, 1.165) is 32.5 Å². The minimum atomic E-state index is -1.82. The Balaban J connectivity index is 0.00000161. The van der Waals surface area contributed by atoms with Crippen LogP contribution in [0.4, 0.5) is 8.78 Å². The number of nitrogens with zero attached hydrogens (tertiary/aromatic N) is 1. The van der Waals surface area contributed by atoms with Crippen molar-refractivity contribution in [3.05, 3.63) is 29.8 Å². The van der Waals surface area contributed by atoms with Gasteiger partial charge in [0.05, 0.1) is 26.3 Å². The zero-order valence-corrected chi connectivity index (χ0v) is 12.7. The maximum Gasteiger partial charge on any atom is 1.00 e. The van der Waals surface area contributed by atoms with E-state index < -0.39 is 18.3 Å². The molecule has 0 spiro atoms. The first-order valence-electron chi connectivity index (χ1n) is 7.28. The van der Waals surface area contributed by atoms with Gasteiger partial charge >= 0.3 is 25.5 Å². The fourth-order valence-corrected chi connectivity index (χ4v) is 3.71. The molecule has 7 heteroatoms. The third-order valence-corrected chi connectivity index (χ3v) is 4.69. The van der Waals surface area contributed by atoms with Gasteiger partial charge in [0.2, 0.25) is 0 Å². The quantitative estimate of drug-likeness (QED) is 0.501. The third-order valence-electron chi connectivity index (χ3n) is 4.69. The maximum atomic E-state index is 13.5. The van der Waals surface area contributed by atoms with E-state index in [-0.39, 0.29) is 18.9 Å². The molecule has 0 N–H and O–H groups in total.